The number of fused-ring (bicyclic) bond motifs is 7. The summed E-state index contributed by atoms with van der Waals surface area (Å²) in [6.07, 6.45) is 0. The highest BCUT2D eigenvalue weighted by Crippen LogP contribution is 2.46. The lowest BCUT2D eigenvalue weighted by Crippen LogP contribution is -2.15. The van der Waals surface area contributed by atoms with Gasteiger partial charge >= 0.3 is 0 Å². The SMILES string of the molecule is Cc1ccc2c3c(ccc2c1)OCC(C)COc1ccc2ccccc2c1-3. The predicted octanol–water partition coefficient (Wildman–Crippen LogP) is 6.38. The van der Waals surface area contributed by atoms with Gasteiger partial charge in [-0.2, -0.15) is 0 Å². The maximum atomic E-state index is 6.28. The van der Waals surface area contributed by atoms with Crippen molar-refractivity contribution in [3.8, 4) is 22.6 Å². The Morgan fingerprint density at radius 2 is 1.33 bits per heavy atom. The second kappa shape index (κ2) is 6.31. The van der Waals surface area contributed by atoms with Gasteiger partial charge in [0.15, 0.2) is 0 Å². The number of ether oxygens (including phenoxy) is 2. The molecule has 5 rings (SSSR count). The third-order valence-electron chi connectivity index (χ3n) is 5.32. The monoisotopic (exact) mass is 354 g/mol. The molecule has 0 bridgehead atoms. The van der Waals surface area contributed by atoms with Gasteiger partial charge in [-0.25, -0.2) is 0 Å². The van der Waals surface area contributed by atoms with Gasteiger partial charge in [-0.15, -0.1) is 0 Å². The van der Waals surface area contributed by atoms with E-state index < -0.39 is 0 Å². The van der Waals surface area contributed by atoms with Crippen LogP contribution in [0.1, 0.15) is 12.5 Å². The first kappa shape index (κ1) is 16.2. The Kier molecular flexibility index (Phi) is 3.78. The molecule has 1 heterocycles. The molecule has 0 saturated heterocycles. The van der Waals surface area contributed by atoms with Crippen molar-refractivity contribution in [3.63, 3.8) is 0 Å². The number of aryl methyl sites for hydroxylation is 1. The Balaban J connectivity index is 1.94. The van der Waals surface area contributed by atoms with Crippen LogP contribution in [-0.4, -0.2) is 13.2 Å². The van der Waals surface area contributed by atoms with Crippen molar-refractivity contribution >= 4 is 21.5 Å². The molecule has 27 heavy (non-hydrogen) atoms. The Hall–Kier alpha value is -3.00. The van der Waals surface area contributed by atoms with E-state index in [1.165, 1.54) is 27.1 Å². The Morgan fingerprint density at radius 1 is 0.704 bits per heavy atom. The van der Waals surface area contributed by atoms with Crippen LogP contribution in [-0.2, 0) is 0 Å². The zero-order valence-electron chi connectivity index (χ0n) is 15.7. The molecule has 4 aromatic carbocycles. The molecule has 0 aromatic heterocycles. The van der Waals surface area contributed by atoms with Crippen LogP contribution in [0.2, 0.25) is 0 Å². The van der Waals surface area contributed by atoms with Crippen LogP contribution >= 0.6 is 0 Å². The maximum absolute atomic E-state index is 6.28. The normalized spacial score (nSPS) is 16.4. The highest BCUT2D eigenvalue weighted by molar-refractivity contribution is 6.09. The van der Waals surface area contributed by atoms with Crippen molar-refractivity contribution in [1.82, 2.24) is 0 Å². The van der Waals surface area contributed by atoms with Crippen molar-refractivity contribution in [2.24, 2.45) is 5.92 Å². The molecule has 2 nitrogen and oxygen atoms in total. The molecular weight excluding hydrogens is 332 g/mol. The summed E-state index contributed by atoms with van der Waals surface area (Å²) in [7, 11) is 0. The van der Waals surface area contributed by atoms with Crippen molar-refractivity contribution in [2.75, 3.05) is 13.2 Å². The highest BCUT2D eigenvalue weighted by Gasteiger charge is 2.21. The average molecular weight is 354 g/mol. The lowest BCUT2D eigenvalue weighted by Gasteiger charge is -2.17. The fourth-order valence-corrected chi connectivity index (χ4v) is 3.95. The fraction of sp³-hybridized carbons (Fsp3) is 0.200. The number of benzene rings is 4. The van der Waals surface area contributed by atoms with E-state index in [1.807, 2.05) is 0 Å². The molecule has 0 saturated carbocycles. The van der Waals surface area contributed by atoms with Gasteiger partial charge in [0, 0.05) is 17.0 Å². The zero-order chi connectivity index (χ0) is 18.4. The van der Waals surface area contributed by atoms with Gasteiger partial charge in [0.1, 0.15) is 11.5 Å². The van der Waals surface area contributed by atoms with Gasteiger partial charge < -0.3 is 9.47 Å². The second-order valence-electron chi connectivity index (χ2n) is 7.55. The van der Waals surface area contributed by atoms with Crippen LogP contribution in [0.4, 0.5) is 0 Å². The van der Waals surface area contributed by atoms with E-state index in [2.05, 4.69) is 80.6 Å². The van der Waals surface area contributed by atoms with Gasteiger partial charge in [0.05, 0.1) is 13.2 Å². The van der Waals surface area contributed by atoms with Crippen molar-refractivity contribution < 1.29 is 9.47 Å². The molecule has 0 aliphatic carbocycles. The predicted molar refractivity (Wildman–Crippen MR) is 112 cm³/mol. The second-order valence-corrected chi connectivity index (χ2v) is 7.55. The van der Waals surface area contributed by atoms with Crippen molar-refractivity contribution in [3.05, 3.63) is 72.3 Å². The number of rotatable bonds is 0. The first-order valence-corrected chi connectivity index (χ1v) is 9.52. The molecule has 1 aliphatic rings. The number of hydrogen-bond donors (Lipinski definition) is 0. The molecule has 1 unspecified atom stereocenters. The third kappa shape index (κ3) is 2.73. The van der Waals surface area contributed by atoms with Crippen LogP contribution in [0.15, 0.2) is 66.7 Å². The summed E-state index contributed by atoms with van der Waals surface area (Å²) in [5, 5.41) is 4.84. The van der Waals surface area contributed by atoms with Gasteiger partial charge in [-0.1, -0.05) is 67.1 Å². The quantitative estimate of drug-likeness (QED) is 0.365. The van der Waals surface area contributed by atoms with Crippen LogP contribution in [0.25, 0.3) is 32.7 Å². The molecule has 0 amide bonds. The van der Waals surface area contributed by atoms with Gasteiger partial charge in [0.2, 0.25) is 0 Å². The fourth-order valence-electron chi connectivity index (χ4n) is 3.95. The van der Waals surface area contributed by atoms with E-state index >= 15 is 0 Å². The first-order chi connectivity index (χ1) is 13.2. The maximum Gasteiger partial charge on any atom is 0.127 e. The largest absolute Gasteiger partial charge is 0.493 e. The minimum Gasteiger partial charge on any atom is -0.493 e. The number of hydrogen-bond acceptors (Lipinski definition) is 2. The van der Waals surface area contributed by atoms with Crippen LogP contribution in [0.5, 0.6) is 11.5 Å². The zero-order valence-corrected chi connectivity index (χ0v) is 15.7. The minimum atomic E-state index is 0.323. The first-order valence-electron chi connectivity index (χ1n) is 9.52. The molecule has 0 N–H and O–H groups in total. The summed E-state index contributed by atoms with van der Waals surface area (Å²) in [5.41, 5.74) is 3.52. The van der Waals surface area contributed by atoms with Crippen molar-refractivity contribution in [2.45, 2.75) is 13.8 Å². The summed E-state index contributed by atoms with van der Waals surface area (Å²) in [5.74, 6) is 2.19. The topological polar surface area (TPSA) is 18.5 Å². The summed E-state index contributed by atoms with van der Waals surface area (Å²) in [4.78, 5) is 0. The third-order valence-corrected chi connectivity index (χ3v) is 5.32. The van der Waals surface area contributed by atoms with Gasteiger partial charge in [0.25, 0.3) is 0 Å². The average Bonchev–Trinajstić information content (AvgIpc) is 2.76. The lowest BCUT2D eigenvalue weighted by atomic mass is 9.91. The molecular formula is C25H22O2. The lowest BCUT2D eigenvalue weighted by molar-refractivity contribution is 0.192. The van der Waals surface area contributed by atoms with Gasteiger partial charge in [-0.3, -0.25) is 0 Å². The molecule has 134 valence electrons. The minimum absolute atomic E-state index is 0.323. The molecule has 1 aliphatic heterocycles. The molecule has 0 spiro atoms. The van der Waals surface area contributed by atoms with E-state index in [-0.39, 0.29) is 0 Å². The smallest absolute Gasteiger partial charge is 0.127 e. The highest BCUT2D eigenvalue weighted by atomic mass is 16.5. The van der Waals surface area contributed by atoms with Crippen LogP contribution in [0.3, 0.4) is 0 Å². The van der Waals surface area contributed by atoms with E-state index in [1.54, 1.807) is 0 Å². The molecule has 4 aromatic rings. The Labute approximate surface area is 159 Å². The van der Waals surface area contributed by atoms with E-state index in [0.29, 0.717) is 19.1 Å². The summed E-state index contributed by atoms with van der Waals surface area (Å²) >= 11 is 0. The molecule has 0 radical (unpaired) electrons. The van der Waals surface area contributed by atoms with E-state index in [0.717, 1.165) is 22.6 Å². The summed E-state index contributed by atoms with van der Waals surface area (Å²) < 4.78 is 12.6. The van der Waals surface area contributed by atoms with Crippen LogP contribution in [0, 0.1) is 12.8 Å². The Bertz CT molecular complexity index is 1160. The molecule has 2 heteroatoms. The van der Waals surface area contributed by atoms with E-state index in [9.17, 15) is 0 Å². The molecule has 0 fully saturated rings. The van der Waals surface area contributed by atoms with E-state index in [4.69, 9.17) is 9.47 Å². The Morgan fingerprint density at radius 3 is 2.07 bits per heavy atom. The standard InChI is InChI=1S/C25H22O2/c1-16-7-10-21-19(13-16)9-12-23-25(21)24-20-6-4-3-5-18(20)8-11-22(24)26-14-17(2)15-27-23/h3-13,17H,14-15H2,1-2H3. The summed E-state index contributed by atoms with van der Waals surface area (Å²) in [6, 6.07) is 23.6. The van der Waals surface area contributed by atoms with Gasteiger partial charge in [-0.05, 0) is 40.6 Å². The molecule has 1 atom stereocenters. The van der Waals surface area contributed by atoms with Crippen molar-refractivity contribution in [1.29, 1.82) is 0 Å². The summed E-state index contributed by atoms with van der Waals surface area (Å²) in [6.45, 7) is 5.59. The van der Waals surface area contributed by atoms with Crippen LogP contribution < -0.4 is 9.47 Å².